The first-order valence-corrected chi connectivity index (χ1v) is 10.7. The first kappa shape index (κ1) is 18.2. The van der Waals surface area contributed by atoms with Gasteiger partial charge in [0.1, 0.15) is 17.4 Å². The van der Waals surface area contributed by atoms with Crippen molar-refractivity contribution in [3.63, 3.8) is 0 Å². The van der Waals surface area contributed by atoms with E-state index in [4.69, 9.17) is 9.73 Å². The molecule has 5 rings (SSSR count). The summed E-state index contributed by atoms with van der Waals surface area (Å²) < 4.78 is 7.43. The summed E-state index contributed by atoms with van der Waals surface area (Å²) in [7, 11) is 0. The molecule has 2 aliphatic rings. The molecule has 1 unspecified atom stereocenters. The van der Waals surface area contributed by atoms with E-state index in [0.29, 0.717) is 19.6 Å². The quantitative estimate of drug-likeness (QED) is 0.624. The number of carbonyl (C=O) groups is 1. The van der Waals surface area contributed by atoms with E-state index in [9.17, 15) is 4.79 Å². The largest absolute Gasteiger partial charge is 0.466 e. The molecule has 0 fully saturated rings. The van der Waals surface area contributed by atoms with Gasteiger partial charge in [-0.25, -0.2) is 0 Å². The van der Waals surface area contributed by atoms with E-state index >= 15 is 0 Å². The normalized spacial score (nSPS) is 17.2. The molecule has 1 atom stereocenters. The van der Waals surface area contributed by atoms with E-state index in [0.717, 1.165) is 39.9 Å². The Bertz CT molecular complexity index is 1160. The molecule has 3 aromatic rings. The van der Waals surface area contributed by atoms with Crippen LogP contribution in [-0.4, -0.2) is 33.1 Å². The van der Waals surface area contributed by atoms with Gasteiger partial charge >= 0.3 is 5.97 Å². The molecule has 29 heavy (non-hydrogen) atoms. The Kier molecular flexibility index (Phi) is 4.35. The summed E-state index contributed by atoms with van der Waals surface area (Å²) in [5.41, 5.74) is 5.67. The van der Waals surface area contributed by atoms with Crippen LogP contribution in [0.4, 0.5) is 0 Å². The van der Waals surface area contributed by atoms with Gasteiger partial charge in [0, 0.05) is 16.0 Å². The van der Waals surface area contributed by atoms with Gasteiger partial charge in [-0.15, -0.1) is 21.5 Å². The van der Waals surface area contributed by atoms with Crippen LogP contribution in [0.3, 0.4) is 0 Å². The van der Waals surface area contributed by atoms with Crippen LogP contribution in [0, 0.1) is 19.8 Å². The molecule has 0 bridgehead atoms. The molecule has 2 aromatic heterocycles. The standard InChI is InChI=1S/C22H22N4O2S/c1-4-28-22(27)14-9-16-17(10-14)29-21-19(16)20(15-8-6-5-7-12(15)2)23-11-18-25-24-13(3)26(18)21/h5-8,14H,4,9-11H2,1-3H3. The average Bonchev–Trinajstić information content (AvgIpc) is 3.34. The highest BCUT2D eigenvalue weighted by Gasteiger charge is 2.37. The molecule has 0 saturated carbocycles. The van der Waals surface area contributed by atoms with Crippen LogP contribution in [0.1, 0.15) is 45.7 Å². The van der Waals surface area contributed by atoms with Crippen molar-refractivity contribution in [1.82, 2.24) is 14.8 Å². The summed E-state index contributed by atoms with van der Waals surface area (Å²) in [6.45, 7) is 6.85. The number of nitrogens with zero attached hydrogens (tertiary/aromatic N) is 4. The van der Waals surface area contributed by atoms with E-state index in [-0.39, 0.29) is 11.9 Å². The van der Waals surface area contributed by atoms with Crippen molar-refractivity contribution in [1.29, 1.82) is 0 Å². The molecule has 0 N–H and O–H groups in total. The second-order valence-corrected chi connectivity index (χ2v) is 8.60. The number of hydrogen-bond acceptors (Lipinski definition) is 6. The van der Waals surface area contributed by atoms with Crippen LogP contribution in [0.25, 0.3) is 5.00 Å². The monoisotopic (exact) mass is 406 g/mol. The Hall–Kier alpha value is -2.80. The number of thiophene rings is 1. The van der Waals surface area contributed by atoms with Gasteiger partial charge in [0.05, 0.1) is 18.2 Å². The SMILES string of the molecule is CCOC(=O)C1Cc2sc3c(c2C1)C(c1ccccc1C)=NCc1nnc(C)n1-3. The van der Waals surface area contributed by atoms with Crippen molar-refractivity contribution >= 4 is 23.0 Å². The Balaban J connectivity index is 1.69. The lowest BCUT2D eigenvalue weighted by Gasteiger charge is -2.13. The molecular formula is C22H22N4O2S. The van der Waals surface area contributed by atoms with E-state index in [1.54, 1.807) is 11.3 Å². The third-order valence-electron chi connectivity index (χ3n) is 5.68. The second kappa shape index (κ2) is 6.91. The lowest BCUT2D eigenvalue weighted by atomic mass is 9.95. The Morgan fingerprint density at radius 1 is 1.24 bits per heavy atom. The number of esters is 1. The minimum absolute atomic E-state index is 0.103. The van der Waals surface area contributed by atoms with E-state index in [1.165, 1.54) is 16.0 Å². The predicted molar refractivity (Wildman–Crippen MR) is 112 cm³/mol. The molecule has 0 radical (unpaired) electrons. The van der Waals surface area contributed by atoms with Crippen molar-refractivity contribution in [2.45, 2.75) is 40.2 Å². The third-order valence-corrected chi connectivity index (χ3v) is 6.92. The fourth-order valence-corrected chi connectivity index (χ4v) is 5.79. The minimum atomic E-state index is -0.107. The topological polar surface area (TPSA) is 69.4 Å². The number of ether oxygens (including phenoxy) is 1. The van der Waals surface area contributed by atoms with E-state index < -0.39 is 0 Å². The van der Waals surface area contributed by atoms with E-state index in [1.807, 2.05) is 19.9 Å². The van der Waals surface area contributed by atoms with Crippen molar-refractivity contribution < 1.29 is 9.53 Å². The highest BCUT2D eigenvalue weighted by Crippen LogP contribution is 2.43. The number of hydrogen-bond donors (Lipinski definition) is 0. The Morgan fingerprint density at radius 2 is 2.07 bits per heavy atom. The maximum atomic E-state index is 12.4. The van der Waals surface area contributed by atoms with Gasteiger partial charge in [-0.05, 0) is 44.7 Å². The molecule has 1 aliphatic heterocycles. The van der Waals surface area contributed by atoms with Crippen LogP contribution < -0.4 is 0 Å². The van der Waals surface area contributed by atoms with Gasteiger partial charge in [0.2, 0.25) is 0 Å². The third kappa shape index (κ3) is 2.83. The van der Waals surface area contributed by atoms with Gasteiger partial charge in [0.15, 0.2) is 5.82 Å². The van der Waals surface area contributed by atoms with Crippen molar-refractivity contribution in [2.24, 2.45) is 10.9 Å². The smallest absolute Gasteiger partial charge is 0.309 e. The summed E-state index contributed by atoms with van der Waals surface area (Å²) >= 11 is 1.74. The Labute approximate surface area is 173 Å². The highest BCUT2D eigenvalue weighted by atomic mass is 32.1. The summed E-state index contributed by atoms with van der Waals surface area (Å²) in [6.07, 6.45) is 1.42. The van der Waals surface area contributed by atoms with E-state index in [2.05, 4.69) is 39.9 Å². The zero-order valence-electron chi connectivity index (χ0n) is 16.7. The second-order valence-electron chi connectivity index (χ2n) is 7.52. The van der Waals surface area contributed by atoms with Crippen molar-refractivity contribution in [2.75, 3.05) is 6.61 Å². The summed E-state index contributed by atoms with van der Waals surface area (Å²) in [5.74, 6) is 1.51. The zero-order chi connectivity index (χ0) is 20.1. The van der Waals surface area contributed by atoms with Crippen LogP contribution >= 0.6 is 11.3 Å². The number of aryl methyl sites for hydroxylation is 2. The molecule has 3 heterocycles. The molecule has 6 nitrogen and oxygen atoms in total. The average molecular weight is 407 g/mol. The summed E-state index contributed by atoms with van der Waals surface area (Å²) in [5, 5.41) is 9.75. The number of aromatic nitrogens is 3. The number of fused-ring (bicyclic) bond motifs is 5. The van der Waals surface area contributed by atoms with Crippen LogP contribution in [0.5, 0.6) is 0 Å². The molecular weight excluding hydrogens is 384 g/mol. The van der Waals surface area contributed by atoms with Gasteiger partial charge in [-0.2, -0.15) is 0 Å². The van der Waals surface area contributed by atoms with Crippen molar-refractivity contribution in [3.05, 3.63) is 63.0 Å². The molecule has 1 aliphatic carbocycles. The maximum absolute atomic E-state index is 12.4. The predicted octanol–water partition coefficient (Wildman–Crippen LogP) is 3.57. The highest BCUT2D eigenvalue weighted by molar-refractivity contribution is 7.15. The number of aliphatic imine (C=N–C) groups is 1. The number of carbonyl (C=O) groups excluding carboxylic acids is 1. The zero-order valence-corrected chi connectivity index (χ0v) is 17.5. The lowest BCUT2D eigenvalue weighted by Crippen LogP contribution is -2.18. The van der Waals surface area contributed by atoms with Gasteiger partial charge in [-0.3, -0.25) is 14.4 Å². The van der Waals surface area contributed by atoms with Gasteiger partial charge < -0.3 is 4.74 Å². The maximum Gasteiger partial charge on any atom is 0.309 e. The summed E-state index contributed by atoms with van der Waals surface area (Å²) in [4.78, 5) is 18.6. The fourth-order valence-electron chi connectivity index (χ4n) is 4.31. The Morgan fingerprint density at radius 3 is 2.86 bits per heavy atom. The van der Waals surface area contributed by atoms with Gasteiger partial charge in [-0.1, -0.05) is 24.3 Å². The molecule has 0 amide bonds. The molecule has 0 spiro atoms. The van der Waals surface area contributed by atoms with Crippen LogP contribution in [0.15, 0.2) is 29.3 Å². The van der Waals surface area contributed by atoms with Crippen LogP contribution in [-0.2, 0) is 28.9 Å². The molecule has 0 saturated heterocycles. The minimum Gasteiger partial charge on any atom is -0.466 e. The lowest BCUT2D eigenvalue weighted by molar-refractivity contribution is -0.147. The first-order chi connectivity index (χ1) is 14.1. The molecule has 148 valence electrons. The fraction of sp³-hybridized carbons (Fsp3) is 0.364. The van der Waals surface area contributed by atoms with Crippen LogP contribution in [0.2, 0.25) is 0 Å². The molecule has 1 aromatic carbocycles. The summed E-state index contributed by atoms with van der Waals surface area (Å²) in [6, 6.07) is 8.33. The first-order valence-electron chi connectivity index (χ1n) is 9.91. The van der Waals surface area contributed by atoms with Gasteiger partial charge in [0.25, 0.3) is 0 Å². The number of rotatable bonds is 3. The molecule has 7 heteroatoms. The number of benzene rings is 1. The van der Waals surface area contributed by atoms with Crippen molar-refractivity contribution in [3.8, 4) is 5.00 Å².